The Hall–Kier alpha value is -3.12. The molecule has 0 bridgehead atoms. The zero-order valence-electron chi connectivity index (χ0n) is 15.1. The van der Waals surface area contributed by atoms with Crippen LogP contribution in [0.25, 0.3) is 0 Å². The first-order valence-corrected chi connectivity index (χ1v) is 9.37. The minimum Gasteiger partial charge on any atom is -0.463 e. The number of nitrogens with zero attached hydrogens (tertiary/aromatic N) is 3. The van der Waals surface area contributed by atoms with Gasteiger partial charge in [-0.25, -0.2) is 14.4 Å². The number of rotatable bonds is 5. The maximum absolute atomic E-state index is 14.5. The molecule has 2 aromatic rings. The number of nitrogens with one attached hydrogen (secondary N) is 1. The molecule has 0 fully saturated rings. The number of halogens is 1. The third kappa shape index (κ3) is 4.40. The van der Waals surface area contributed by atoms with Gasteiger partial charge in [-0.15, -0.1) is 6.42 Å². The number of terminal acetylenes is 1. The lowest BCUT2D eigenvalue weighted by atomic mass is 9.89. The van der Waals surface area contributed by atoms with Gasteiger partial charge in [-0.2, -0.15) is 0 Å². The molecule has 0 aliphatic carbocycles. The maximum Gasteiger partial charge on any atom is 0.275 e. The molecule has 0 spiro atoms. The van der Waals surface area contributed by atoms with Crippen LogP contribution in [0.5, 0.6) is 5.88 Å². The number of benzene rings is 1. The van der Waals surface area contributed by atoms with Gasteiger partial charge in [0.15, 0.2) is 11.8 Å². The highest BCUT2D eigenvalue weighted by atomic mass is 32.2. The van der Waals surface area contributed by atoms with Gasteiger partial charge in [0.2, 0.25) is 5.88 Å². The molecule has 1 aromatic carbocycles. The number of amidine groups is 1. The highest BCUT2D eigenvalue weighted by Gasteiger charge is 2.32. The molecule has 7 nitrogen and oxygen atoms in total. The van der Waals surface area contributed by atoms with Gasteiger partial charge in [-0.05, 0) is 31.5 Å². The normalized spacial score (nSPS) is 18.7. The summed E-state index contributed by atoms with van der Waals surface area (Å²) >= 11 is 1.44. The average Bonchev–Trinajstić information content (AvgIpc) is 2.68. The Morgan fingerprint density at radius 1 is 1.46 bits per heavy atom. The van der Waals surface area contributed by atoms with E-state index in [4.69, 9.17) is 16.9 Å². The summed E-state index contributed by atoms with van der Waals surface area (Å²) in [6.07, 6.45) is 8.32. The van der Waals surface area contributed by atoms with E-state index >= 15 is 0 Å². The molecule has 0 radical (unpaired) electrons. The Bertz CT molecular complexity index is 958. The summed E-state index contributed by atoms with van der Waals surface area (Å²) in [5.74, 6) is 2.38. The van der Waals surface area contributed by atoms with Crippen LogP contribution in [0.2, 0.25) is 0 Å². The number of hydrogen-bond acceptors (Lipinski definition) is 7. The summed E-state index contributed by atoms with van der Waals surface area (Å²) in [6.45, 7) is 1.88. The Balaban J connectivity index is 1.79. The monoisotopic (exact) mass is 399 g/mol. The van der Waals surface area contributed by atoms with E-state index in [0.717, 1.165) is 5.75 Å². The number of ether oxygens (including phenoxy) is 1. The molecule has 0 unspecified atom stereocenters. The van der Waals surface area contributed by atoms with Crippen LogP contribution in [0, 0.1) is 18.2 Å². The Morgan fingerprint density at radius 2 is 2.29 bits per heavy atom. The van der Waals surface area contributed by atoms with E-state index in [0.29, 0.717) is 22.8 Å². The van der Waals surface area contributed by atoms with Gasteiger partial charge in [0.25, 0.3) is 5.91 Å². The largest absolute Gasteiger partial charge is 0.463 e. The van der Waals surface area contributed by atoms with E-state index in [2.05, 4.69) is 26.2 Å². The average molecular weight is 399 g/mol. The van der Waals surface area contributed by atoms with Gasteiger partial charge in [-0.3, -0.25) is 9.79 Å². The second kappa shape index (κ2) is 8.27. The lowest BCUT2D eigenvalue weighted by Crippen LogP contribution is -2.29. The molecule has 144 valence electrons. The molecule has 3 rings (SSSR count). The zero-order chi connectivity index (χ0) is 20.1. The summed E-state index contributed by atoms with van der Waals surface area (Å²) in [6, 6.07) is 4.34. The first kappa shape index (κ1) is 19.6. The maximum atomic E-state index is 14.5. The van der Waals surface area contributed by atoms with Crippen LogP contribution in [0.4, 0.5) is 10.1 Å². The quantitative estimate of drug-likeness (QED) is 0.749. The molecule has 9 heteroatoms. The van der Waals surface area contributed by atoms with Crippen LogP contribution in [0.15, 0.2) is 35.6 Å². The molecular formula is C19H18FN5O2S. The molecule has 1 aliphatic heterocycles. The predicted octanol–water partition coefficient (Wildman–Crippen LogP) is 2.55. The summed E-state index contributed by atoms with van der Waals surface area (Å²) in [4.78, 5) is 24.8. The van der Waals surface area contributed by atoms with Crippen LogP contribution < -0.4 is 15.8 Å². The van der Waals surface area contributed by atoms with E-state index in [1.807, 2.05) is 6.92 Å². The Kier molecular flexibility index (Phi) is 5.80. The molecule has 28 heavy (non-hydrogen) atoms. The Morgan fingerprint density at radius 3 is 2.96 bits per heavy atom. The first-order valence-electron chi connectivity index (χ1n) is 8.39. The van der Waals surface area contributed by atoms with Crippen molar-refractivity contribution in [3.63, 3.8) is 0 Å². The van der Waals surface area contributed by atoms with Crippen molar-refractivity contribution in [1.82, 2.24) is 9.97 Å². The number of aromatic nitrogens is 2. The van der Waals surface area contributed by atoms with Crippen molar-refractivity contribution in [1.29, 1.82) is 0 Å². The Labute approximate surface area is 166 Å². The molecular weight excluding hydrogens is 381 g/mol. The van der Waals surface area contributed by atoms with E-state index in [1.54, 1.807) is 6.07 Å². The van der Waals surface area contributed by atoms with E-state index in [1.165, 1.54) is 36.3 Å². The topological polar surface area (TPSA) is 102 Å². The predicted molar refractivity (Wildman–Crippen MR) is 107 cm³/mol. The highest BCUT2D eigenvalue weighted by Crippen LogP contribution is 2.37. The minimum atomic E-state index is -0.782. The van der Waals surface area contributed by atoms with Crippen molar-refractivity contribution in [2.45, 2.75) is 18.9 Å². The summed E-state index contributed by atoms with van der Waals surface area (Å²) in [5.41, 5.74) is 5.92. The number of anilines is 1. The molecule has 1 aliphatic rings. The minimum absolute atomic E-state index is 0.0584. The molecule has 0 saturated carbocycles. The van der Waals surface area contributed by atoms with Crippen LogP contribution >= 0.6 is 11.8 Å². The number of amides is 1. The number of carbonyl (C=O) groups is 1. The van der Waals surface area contributed by atoms with Crippen molar-refractivity contribution in [2.24, 2.45) is 10.7 Å². The smallest absolute Gasteiger partial charge is 0.275 e. The number of hydrogen-bond donors (Lipinski definition) is 2. The van der Waals surface area contributed by atoms with E-state index in [9.17, 15) is 9.18 Å². The van der Waals surface area contributed by atoms with Crippen LogP contribution in [0.1, 0.15) is 29.4 Å². The van der Waals surface area contributed by atoms with Crippen molar-refractivity contribution in [3.05, 3.63) is 47.7 Å². The number of carbonyl (C=O) groups excluding carboxylic acids is 1. The SMILES string of the molecule is C#CCOc1cnc(C(=O)Nc2ccc(F)c([C@]3(C)CCSC(N)=N3)c2)cn1. The van der Waals surface area contributed by atoms with Crippen molar-refractivity contribution >= 4 is 28.5 Å². The molecule has 2 heterocycles. The third-order valence-electron chi connectivity index (χ3n) is 4.16. The summed E-state index contributed by atoms with van der Waals surface area (Å²) in [7, 11) is 0. The molecule has 1 atom stereocenters. The van der Waals surface area contributed by atoms with E-state index in [-0.39, 0.29) is 18.2 Å². The fourth-order valence-corrected chi connectivity index (χ4v) is 3.69. The second-order valence-electron chi connectivity index (χ2n) is 6.20. The number of thioether (sulfide) groups is 1. The van der Waals surface area contributed by atoms with Crippen molar-refractivity contribution in [2.75, 3.05) is 17.7 Å². The van der Waals surface area contributed by atoms with Crippen LogP contribution in [0.3, 0.4) is 0 Å². The molecule has 3 N–H and O–H groups in total. The lowest BCUT2D eigenvalue weighted by Gasteiger charge is -2.30. The zero-order valence-corrected chi connectivity index (χ0v) is 15.9. The lowest BCUT2D eigenvalue weighted by molar-refractivity contribution is 0.102. The van der Waals surface area contributed by atoms with Gasteiger partial charge < -0.3 is 15.8 Å². The number of nitrogens with two attached hydrogens (primary N) is 1. The summed E-state index contributed by atoms with van der Waals surface area (Å²) in [5, 5.41) is 3.11. The van der Waals surface area contributed by atoms with Crippen molar-refractivity contribution < 1.29 is 13.9 Å². The first-order chi connectivity index (χ1) is 13.4. The standard InChI is InChI=1S/C19H18FN5O2S/c1-3-7-27-16-11-22-15(10-23-16)17(26)24-12-4-5-14(20)13(9-12)19(2)6-8-28-18(21)25-19/h1,4-5,9-11H,6-8H2,2H3,(H2,21,25)(H,24,26)/t19-/m0/s1. The molecule has 1 aromatic heterocycles. The van der Waals surface area contributed by atoms with Crippen molar-refractivity contribution in [3.8, 4) is 18.2 Å². The van der Waals surface area contributed by atoms with Crippen LogP contribution in [-0.2, 0) is 5.54 Å². The van der Waals surface area contributed by atoms with Gasteiger partial charge in [0.1, 0.15) is 11.5 Å². The number of aliphatic imine (C=N–C) groups is 1. The van der Waals surface area contributed by atoms with Gasteiger partial charge in [-0.1, -0.05) is 17.7 Å². The second-order valence-corrected chi connectivity index (χ2v) is 7.32. The van der Waals surface area contributed by atoms with Gasteiger partial charge in [0, 0.05) is 17.0 Å². The van der Waals surface area contributed by atoms with Gasteiger partial charge in [0.05, 0.1) is 17.9 Å². The molecule has 0 saturated heterocycles. The fourth-order valence-electron chi connectivity index (χ4n) is 2.72. The summed E-state index contributed by atoms with van der Waals surface area (Å²) < 4.78 is 19.6. The third-order valence-corrected chi connectivity index (χ3v) is 4.96. The van der Waals surface area contributed by atoms with E-state index < -0.39 is 17.3 Å². The van der Waals surface area contributed by atoms with Crippen LogP contribution in [-0.4, -0.2) is 33.4 Å². The molecule has 1 amide bonds. The highest BCUT2D eigenvalue weighted by molar-refractivity contribution is 8.13. The fraction of sp³-hybridized carbons (Fsp3) is 0.263. The van der Waals surface area contributed by atoms with Gasteiger partial charge >= 0.3 is 0 Å².